The number of nitrogens with one attached hydrogen (secondary N) is 2. The third-order valence-corrected chi connectivity index (χ3v) is 3.91. The number of primary amides is 1. The highest BCUT2D eigenvalue weighted by atomic mass is 16.5. The molecule has 0 spiro atoms. The summed E-state index contributed by atoms with van der Waals surface area (Å²) in [6.45, 7) is 3.58. The molecule has 0 saturated heterocycles. The van der Waals surface area contributed by atoms with Crippen LogP contribution in [0.2, 0.25) is 0 Å². The summed E-state index contributed by atoms with van der Waals surface area (Å²) < 4.78 is 10.4. The molecular formula is C20H22N4O5. The second kappa shape index (κ2) is 9.88. The number of rotatable bonds is 7. The number of amides is 3. The molecule has 0 aromatic heterocycles. The van der Waals surface area contributed by atoms with Gasteiger partial charge in [-0.05, 0) is 60.9 Å². The number of hydrogen-bond acceptors (Lipinski definition) is 6. The summed E-state index contributed by atoms with van der Waals surface area (Å²) in [5.41, 5.74) is 10.4. The molecule has 29 heavy (non-hydrogen) atoms. The maximum Gasteiger partial charge on any atom is 0.329 e. The van der Waals surface area contributed by atoms with Crippen molar-refractivity contribution in [3.05, 3.63) is 53.1 Å². The molecule has 0 unspecified atom stereocenters. The van der Waals surface area contributed by atoms with Gasteiger partial charge in [-0.2, -0.15) is 5.10 Å². The highest BCUT2D eigenvalue weighted by Crippen LogP contribution is 2.27. The standard InChI is InChI=1S/C20H22N4O5/c1-12-4-6-15(8-13(12)2)23-19(26)20(27)24-22-10-14-5-7-16(17(9-14)28-3)29-11-18(21)25/h4-10H,11H2,1-3H3,(H2,21,25)(H,23,26)(H,24,27)/b22-10+. The molecule has 3 amide bonds. The molecule has 4 N–H and O–H groups in total. The van der Waals surface area contributed by atoms with E-state index in [1.54, 1.807) is 30.3 Å². The van der Waals surface area contributed by atoms with Gasteiger partial charge in [-0.15, -0.1) is 0 Å². The van der Waals surface area contributed by atoms with Crippen molar-refractivity contribution in [2.75, 3.05) is 19.0 Å². The fourth-order valence-corrected chi connectivity index (χ4v) is 2.26. The van der Waals surface area contributed by atoms with Crippen molar-refractivity contribution in [1.29, 1.82) is 0 Å². The van der Waals surface area contributed by atoms with Gasteiger partial charge in [0.25, 0.3) is 5.91 Å². The molecule has 2 aromatic carbocycles. The van der Waals surface area contributed by atoms with Crippen LogP contribution in [0.4, 0.5) is 5.69 Å². The van der Waals surface area contributed by atoms with Crippen LogP contribution in [0.3, 0.4) is 0 Å². The number of hydrazone groups is 1. The van der Waals surface area contributed by atoms with Crippen LogP contribution in [0.15, 0.2) is 41.5 Å². The van der Waals surface area contributed by atoms with Crippen molar-refractivity contribution in [3.63, 3.8) is 0 Å². The van der Waals surface area contributed by atoms with Crippen molar-refractivity contribution in [3.8, 4) is 11.5 Å². The first-order valence-corrected chi connectivity index (χ1v) is 8.61. The smallest absolute Gasteiger partial charge is 0.329 e. The minimum Gasteiger partial charge on any atom is -0.493 e. The van der Waals surface area contributed by atoms with Crippen molar-refractivity contribution in [2.24, 2.45) is 10.8 Å². The van der Waals surface area contributed by atoms with E-state index in [4.69, 9.17) is 15.2 Å². The quantitative estimate of drug-likeness (QED) is 0.367. The summed E-state index contributed by atoms with van der Waals surface area (Å²) in [7, 11) is 1.44. The molecule has 9 nitrogen and oxygen atoms in total. The zero-order chi connectivity index (χ0) is 21.4. The largest absolute Gasteiger partial charge is 0.493 e. The number of carbonyl (C=O) groups is 3. The van der Waals surface area contributed by atoms with Gasteiger partial charge in [0.05, 0.1) is 13.3 Å². The summed E-state index contributed by atoms with van der Waals surface area (Å²) >= 11 is 0. The molecule has 9 heteroatoms. The van der Waals surface area contributed by atoms with E-state index in [1.165, 1.54) is 13.3 Å². The highest BCUT2D eigenvalue weighted by molar-refractivity contribution is 6.39. The lowest BCUT2D eigenvalue weighted by Gasteiger charge is -2.09. The van der Waals surface area contributed by atoms with Gasteiger partial charge in [-0.25, -0.2) is 5.43 Å². The zero-order valence-electron chi connectivity index (χ0n) is 16.3. The van der Waals surface area contributed by atoms with Crippen LogP contribution in [-0.2, 0) is 14.4 Å². The van der Waals surface area contributed by atoms with Crippen molar-refractivity contribution >= 4 is 29.6 Å². The number of aryl methyl sites for hydroxylation is 2. The summed E-state index contributed by atoms with van der Waals surface area (Å²) in [4.78, 5) is 34.7. The van der Waals surface area contributed by atoms with Crippen LogP contribution >= 0.6 is 0 Å². The number of anilines is 1. The number of hydrogen-bond donors (Lipinski definition) is 3. The molecule has 0 radical (unpaired) electrons. The Morgan fingerprint density at radius 2 is 1.79 bits per heavy atom. The minimum atomic E-state index is -0.909. The van der Waals surface area contributed by atoms with Gasteiger partial charge < -0.3 is 20.5 Å². The molecule has 0 fully saturated rings. The fourth-order valence-electron chi connectivity index (χ4n) is 2.26. The van der Waals surface area contributed by atoms with Gasteiger partial charge in [-0.3, -0.25) is 14.4 Å². The third-order valence-electron chi connectivity index (χ3n) is 3.91. The monoisotopic (exact) mass is 398 g/mol. The average molecular weight is 398 g/mol. The number of methoxy groups -OCH3 is 1. The van der Waals surface area contributed by atoms with E-state index in [1.807, 2.05) is 19.9 Å². The van der Waals surface area contributed by atoms with E-state index >= 15 is 0 Å². The van der Waals surface area contributed by atoms with Crippen LogP contribution in [0.25, 0.3) is 0 Å². The number of benzene rings is 2. The average Bonchev–Trinajstić information content (AvgIpc) is 2.69. The lowest BCUT2D eigenvalue weighted by molar-refractivity contribution is -0.136. The Kier molecular flexibility index (Phi) is 7.30. The lowest BCUT2D eigenvalue weighted by Crippen LogP contribution is -2.32. The maximum absolute atomic E-state index is 12.0. The Morgan fingerprint density at radius 3 is 2.45 bits per heavy atom. The van der Waals surface area contributed by atoms with E-state index in [-0.39, 0.29) is 6.61 Å². The molecule has 2 aromatic rings. The van der Waals surface area contributed by atoms with Crippen molar-refractivity contribution < 1.29 is 23.9 Å². The lowest BCUT2D eigenvalue weighted by atomic mass is 10.1. The van der Waals surface area contributed by atoms with E-state index in [2.05, 4.69) is 15.8 Å². The van der Waals surface area contributed by atoms with Crippen molar-refractivity contribution in [2.45, 2.75) is 13.8 Å². The third kappa shape index (κ3) is 6.35. The van der Waals surface area contributed by atoms with Crippen LogP contribution in [0.1, 0.15) is 16.7 Å². The number of nitrogens with two attached hydrogens (primary N) is 1. The van der Waals surface area contributed by atoms with Crippen LogP contribution in [-0.4, -0.2) is 37.7 Å². The van der Waals surface area contributed by atoms with E-state index in [0.717, 1.165) is 11.1 Å². The van der Waals surface area contributed by atoms with Crippen LogP contribution in [0, 0.1) is 13.8 Å². The molecule has 2 rings (SSSR count). The van der Waals surface area contributed by atoms with E-state index in [0.29, 0.717) is 22.7 Å². The molecule has 0 saturated carbocycles. The van der Waals surface area contributed by atoms with E-state index in [9.17, 15) is 14.4 Å². The topological polar surface area (TPSA) is 132 Å². The molecular weight excluding hydrogens is 376 g/mol. The first-order valence-electron chi connectivity index (χ1n) is 8.61. The van der Waals surface area contributed by atoms with Gasteiger partial charge >= 0.3 is 11.8 Å². The van der Waals surface area contributed by atoms with Gasteiger partial charge in [0.2, 0.25) is 0 Å². The molecule has 0 aliphatic rings. The predicted octanol–water partition coefficient (Wildman–Crippen LogP) is 1.26. The van der Waals surface area contributed by atoms with Gasteiger partial charge in [0, 0.05) is 5.69 Å². The fraction of sp³-hybridized carbons (Fsp3) is 0.200. The minimum absolute atomic E-state index is 0.282. The second-order valence-corrected chi connectivity index (χ2v) is 6.12. The van der Waals surface area contributed by atoms with Crippen molar-refractivity contribution in [1.82, 2.24) is 5.43 Å². The predicted molar refractivity (Wildman–Crippen MR) is 108 cm³/mol. The summed E-state index contributed by atoms with van der Waals surface area (Å²) in [5, 5.41) is 6.27. The Bertz CT molecular complexity index is 956. The highest BCUT2D eigenvalue weighted by Gasteiger charge is 2.13. The normalized spacial score (nSPS) is 10.4. The number of carbonyl (C=O) groups excluding carboxylic acids is 3. The summed E-state index contributed by atoms with van der Waals surface area (Å²) in [5.74, 6) is -1.67. The van der Waals surface area contributed by atoms with Gasteiger partial charge in [-0.1, -0.05) is 6.07 Å². The Labute approximate surface area is 167 Å². The van der Waals surface area contributed by atoms with Crippen LogP contribution in [0.5, 0.6) is 11.5 Å². The molecule has 0 aliphatic carbocycles. The zero-order valence-corrected chi connectivity index (χ0v) is 16.3. The Morgan fingerprint density at radius 1 is 1.03 bits per heavy atom. The number of ether oxygens (including phenoxy) is 2. The molecule has 0 bridgehead atoms. The number of nitrogens with zero attached hydrogens (tertiary/aromatic N) is 1. The first-order chi connectivity index (χ1) is 13.8. The SMILES string of the molecule is COc1cc(/C=N/NC(=O)C(=O)Nc2ccc(C)c(C)c2)ccc1OCC(N)=O. The Balaban J connectivity index is 1.95. The summed E-state index contributed by atoms with van der Waals surface area (Å²) in [6, 6.07) is 10.1. The molecule has 0 aliphatic heterocycles. The van der Waals surface area contributed by atoms with E-state index < -0.39 is 17.7 Å². The molecule has 152 valence electrons. The first kappa shape index (κ1) is 21.4. The van der Waals surface area contributed by atoms with Crippen LogP contribution < -0.4 is 25.9 Å². The molecule has 0 heterocycles. The van der Waals surface area contributed by atoms with Gasteiger partial charge in [0.1, 0.15) is 0 Å². The molecule has 0 atom stereocenters. The van der Waals surface area contributed by atoms with Gasteiger partial charge in [0.15, 0.2) is 18.1 Å². The maximum atomic E-state index is 12.0. The second-order valence-electron chi connectivity index (χ2n) is 6.12. The summed E-state index contributed by atoms with van der Waals surface area (Å²) in [6.07, 6.45) is 1.33. The Hall–Kier alpha value is -3.88.